The van der Waals surface area contributed by atoms with Crippen LogP contribution in [-0.4, -0.2) is 0 Å². The fourth-order valence-corrected chi connectivity index (χ4v) is 7.11. The molecule has 0 heterocycles. The first kappa shape index (κ1) is 40.0. The first-order valence-corrected chi connectivity index (χ1v) is 19.7. The Morgan fingerprint density at radius 1 is 0.200 bits per heavy atom. The molecule has 0 saturated carbocycles. The van der Waals surface area contributed by atoms with Gasteiger partial charge in [-0.1, -0.05) is 227 Å². The lowest BCUT2D eigenvalue weighted by molar-refractivity contribution is 0.171. The van der Waals surface area contributed by atoms with Crippen molar-refractivity contribution in [3.63, 3.8) is 0 Å². The number of hydrogen-bond acceptors (Lipinski definition) is 0. The van der Waals surface area contributed by atoms with Gasteiger partial charge < -0.3 is 0 Å². The van der Waals surface area contributed by atoms with Gasteiger partial charge in [-0.25, -0.2) is 0 Å². The molecular formula is C40H82. The van der Waals surface area contributed by atoms with E-state index in [1.165, 1.54) is 199 Å². The summed E-state index contributed by atoms with van der Waals surface area (Å²) in [5.41, 5.74) is 0.677. The maximum Gasteiger partial charge on any atom is -0.0297 e. The normalized spacial score (nSPS) is 12.0. The van der Waals surface area contributed by atoms with Crippen molar-refractivity contribution in [1.82, 2.24) is 0 Å². The summed E-state index contributed by atoms with van der Waals surface area (Å²) in [5, 5.41) is 0. The van der Waals surface area contributed by atoms with Gasteiger partial charge in [-0.15, -0.1) is 0 Å². The maximum atomic E-state index is 2.35. The van der Waals surface area contributed by atoms with E-state index in [0.717, 1.165) is 0 Å². The van der Waals surface area contributed by atoms with Crippen LogP contribution in [0.15, 0.2) is 0 Å². The van der Waals surface area contributed by atoms with Gasteiger partial charge in [-0.2, -0.15) is 0 Å². The van der Waals surface area contributed by atoms with Crippen molar-refractivity contribution in [3.8, 4) is 0 Å². The van der Waals surface area contributed by atoms with Crippen LogP contribution in [0.25, 0.3) is 0 Å². The summed E-state index contributed by atoms with van der Waals surface area (Å²) in [7, 11) is 0. The van der Waals surface area contributed by atoms with Crippen LogP contribution in [0.2, 0.25) is 0 Å². The van der Waals surface area contributed by atoms with Crippen LogP contribution in [0.1, 0.15) is 252 Å². The molecule has 0 nitrogen and oxygen atoms in total. The average Bonchev–Trinajstić information content (AvgIpc) is 2.96. The van der Waals surface area contributed by atoms with Crippen molar-refractivity contribution in [3.05, 3.63) is 0 Å². The zero-order chi connectivity index (χ0) is 29.2. The summed E-state index contributed by atoms with van der Waals surface area (Å²) in [4.78, 5) is 0. The van der Waals surface area contributed by atoms with E-state index in [-0.39, 0.29) is 0 Å². The van der Waals surface area contributed by atoms with E-state index in [2.05, 4.69) is 27.7 Å². The molecule has 0 aromatic carbocycles. The van der Waals surface area contributed by atoms with Crippen molar-refractivity contribution in [1.29, 1.82) is 0 Å². The molecule has 0 N–H and O–H groups in total. The molecule has 0 amide bonds. The van der Waals surface area contributed by atoms with Gasteiger partial charge in [0.15, 0.2) is 0 Å². The molecule has 242 valence electrons. The molecule has 0 aliphatic carbocycles. The highest BCUT2D eigenvalue weighted by molar-refractivity contribution is 4.80. The summed E-state index contributed by atoms with van der Waals surface area (Å²) < 4.78 is 0. The van der Waals surface area contributed by atoms with Gasteiger partial charge in [0.25, 0.3) is 0 Å². The molecule has 0 rings (SSSR count). The van der Waals surface area contributed by atoms with Gasteiger partial charge >= 0.3 is 0 Å². The minimum absolute atomic E-state index is 0.677. The Bertz CT molecular complexity index is 421. The SMILES string of the molecule is CCCCCCCCCCCCC(CCCCCCCC)(CCCCCCCC)CCCCCCCCCCC. The van der Waals surface area contributed by atoms with Crippen LogP contribution >= 0.6 is 0 Å². The molecule has 0 aliphatic heterocycles. The van der Waals surface area contributed by atoms with E-state index in [1.807, 2.05) is 0 Å². The smallest absolute Gasteiger partial charge is 0.0297 e. The Kier molecular flexibility index (Phi) is 33.5. The lowest BCUT2D eigenvalue weighted by Gasteiger charge is -2.35. The van der Waals surface area contributed by atoms with Crippen LogP contribution < -0.4 is 0 Å². The van der Waals surface area contributed by atoms with Gasteiger partial charge in [0.2, 0.25) is 0 Å². The first-order valence-electron chi connectivity index (χ1n) is 19.7. The maximum absolute atomic E-state index is 2.35. The molecule has 0 aromatic heterocycles. The third kappa shape index (κ3) is 28.1. The number of rotatable bonds is 35. The fourth-order valence-electron chi connectivity index (χ4n) is 7.11. The highest BCUT2D eigenvalue weighted by Crippen LogP contribution is 2.42. The Morgan fingerprint density at radius 3 is 0.525 bits per heavy atom. The van der Waals surface area contributed by atoms with E-state index in [1.54, 1.807) is 25.7 Å². The van der Waals surface area contributed by atoms with E-state index in [4.69, 9.17) is 0 Å². The highest BCUT2D eigenvalue weighted by atomic mass is 14.3. The van der Waals surface area contributed by atoms with E-state index < -0.39 is 0 Å². The predicted molar refractivity (Wildman–Crippen MR) is 187 cm³/mol. The van der Waals surface area contributed by atoms with E-state index in [9.17, 15) is 0 Å². The molecule has 0 aliphatic rings. The van der Waals surface area contributed by atoms with Gasteiger partial charge in [-0.3, -0.25) is 0 Å². The summed E-state index contributed by atoms with van der Waals surface area (Å²) in [6.45, 7) is 9.36. The quantitative estimate of drug-likeness (QED) is 0.0674. The molecule has 0 saturated heterocycles. The second kappa shape index (κ2) is 33.5. The number of unbranched alkanes of at least 4 members (excludes halogenated alkanes) is 27. The molecule has 0 unspecified atom stereocenters. The molecule has 0 fully saturated rings. The van der Waals surface area contributed by atoms with Crippen molar-refractivity contribution < 1.29 is 0 Å². The third-order valence-corrected chi connectivity index (χ3v) is 9.99. The van der Waals surface area contributed by atoms with Gasteiger partial charge in [0.1, 0.15) is 0 Å². The summed E-state index contributed by atoms with van der Waals surface area (Å²) in [6, 6.07) is 0. The Morgan fingerprint density at radius 2 is 0.350 bits per heavy atom. The molecular weight excluding hydrogens is 480 g/mol. The van der Waals surface area contributed by atoms with Crippen LogP contribution in [0, 0.1) is 5.41 Å². The Labute approximate surface area is 257 Å². The monoisotopic (exact) mass is 563 g/mol. The molecule has 0 radical (unpaired) electrons. The predicted octanol–water partition coefficient (Wildman–Crippen LogP) is 15.7. The largest absolute Gasteiger partial charge is 0.0654 e. The molecule has 0 spiro atoms. The molecule has 40 heavy (non-hydrogen) atoms. The minimum Gasteiger partial charge on any atom is -0.0654 e. The summed E-state index contributed by atoms with van der Waals surface area (Å²) >= 11 is 0. The minimum atomic E-state index is 0.677. The van der Waals surface area contributed by atoms with Crippen LogP contribution in [0.5, 0.6) is 0 Å². The van der Waals surface area contributed by atoms with Gasteiger partial charge in [0.05, 0.1) is 0 Å². The Balaban J connectivity index is 4.72. The highest BCUT2D eigenvalue weighted by Gasteiger charge is 2.28. The lowest BCUT2D eigenvalue weighted by Crippen LogP contribution is -2.21. The standard InChI is InChI=1S/C40H82/c1-5-9-13-17-21-23-25-27-31-35-39-40(36-32-28-19-15-11-7-3,37-33-29-20-16-12-8-4)38-34-30-26-24-22-18-14-10-6-2/h5-39H2,1-4H3. The van der Waals surface area contributed by atoms with E-state index in [0.29, 0.717) is 5.41 Å². The summed E-state index contributed by atoms with van der Waals surface area (Å²) in [6.07, 6.45) is 51.7. The van der Waals surface area contributed by atoms with Crippen molar-refractivity contribution in [2.45, 2.75) is 252 Å². The van der Waals surface area contributed by atoms with Crippen molar-refractivity contribution >= 4 is 0 Å². The average molecular weight is 563 g/mol. The second-order valence-corrected chi connectivity index (χ2v) is 14.0. The Hall–Kier alpha value is 0. The molecule has 0 aromatic rings. The lowest BCUT2D eigenvalue weighted by atomic mass is 9.70. The van der Waals surface area contributed by atoms with Crippen LogP contribution in [0.4, 0.5) is 0 Å². The van der Waals surface area contributed by atoms with Crippen molar-refractivity contribution in [2.75, 3.05) is 0 Å². The van der Waals surface area contributed by atoms with Gasteiger partial charge in [-0.05, 0) is 31.1 Å². The van der Waals surface area contributed by atoms with Crippen LogP contribution in [0.3, 0.4) is 0 Å². The first-order chi connectivity index (χ1) is 19.7. The molecule has 0 heteroatoms. The third-order valence-electron chi connectivity index (χ3n) is 9.99. The van der Waals surface area contributed by atoms with E-state index >= 15 is 0 Å². The van der Waals surface area contributed by atoms with Crippen LogP contribution in [-0.2, 0) is 0 Å². The fraction of sp³-hybridized carbons (Fsp3) is 1.00. The topological polar surface area (TPSA) is 0 Å². The summed E-state index contributed by atoms with van der Waals surface area (Å²) in [5.74, 6) is 0. The molecule has 0 atom stereocenters. The second-order valence-electron chi connectivity index (χ2n) is 14.0. The van der Waals surface area contributed by atoms with Crippen molar-refractivity contribution in [2.24, 2.45) is 5.41 Å². The van der Waals surface area contributed by atoms with Gasteiger partial charge in [0, 0.05) is 0 Å². The molecule has 0 bridgehead atoms. The number of hydrogen-bond donors (Lipinski definition) is 0. The zero-order valence-electron chi connectivity index (χ0n) is 29.2. The zero-order valence-corrected chi connectivity index (χ0v) is 29.2.